The van der Waals surface area contributed by atoms with Crippen LogP contribution in [0.25, 0.3) is 0 Å². The lowest BCUT2D eigenvalue weighted by Crippen LogP contribution is -2.52. The minimum absolute atomic E-state index is 0.418. The van der Waals surface area contributed by atoms with E-state index >= 15 is 0 Å². The maximum absolute atomic E-state index is 10.7. The fourth-order valence-corrected chi connectivity index (χ4v) is 10.5. The normalized spacial score (nSPS) is 52.2. The van der Waals surface area contributed by atoms with Crippen LogP contribution in [0.15, 0.2) is 12.4 Å². The average molecular weight is 436 g/mol. The molecule has 0 spiro atoms. The molecule has 1 N–H and O–H groups in total. The van der Waals surface area contributed by atoms with Gasteiger partial charge in [-0.15, -0.1) is 0 Å². The zero-order chi connectivity index (χ0) is 22.4. The largest absolute Gasteiger partial charge is 0.390 e. The molecule has 5 saturated carbocycles. The second-order valence-electron chi connectivity index (χ2n) is 13.2. The monoisotopic (exact) mass is 435 g/mol. The van der Waals surface area contributed by atoms with Gasteiger partial charge in [0.1, 0.15) is 6.07 Å². The zero-order valence-electron chi connectivity index (χ0n) is 20.4. The third-order valence-corrected chi connectivity index (χ3v) is 11.5. The smallest absolute Gasteiger partial charge is 0.102 e. The van der Waals surface area contributed by atoms with Crippen molar-refractivity contribution in [3.8, 4) is 6.07 Å². The molecule has 32 heavy (non-hydrogen) atoms. The van der Waals surface area contributed by atoms with E-state index in [4.69, 9.17) is 0 Å². The minimum Gasteiger partial charge on any atom is -0.390 e. The number of aromatic nitrogens is 2. The lowest BCUT2D eigenvalue weighted by molar-refractivity contribution is -0.114. The highest BCUT2D eigenvalue weighted by Crippen LogP contribution is 2.78. The Hall–Kier alpha value is -1.34. The lowest BCUT2D eigenvalue weighted by Gasteiger charge is -2.58. The van der Waals surface area contributed by atoms with Gasteiger partial charge in [0.05, 0.1) is 17.4 Å². The highest BCUT2D eigenvalue weighted by atomic mass is 16.3. The summed E-state index contributed by atoms with van der Waals surface area (Å²) >= 11 is 0. The van der Waals surface area contributed by atoms with Gasteiger partial charge < -0.3 is 5.11 Å². The van der Waals surface area contributed by atoms with E-state index in [0.717, 1.165) is 72.6 Å². The van der Waals surface area contributed by atoms with Crippen molar-refractivity contribution in [1.82, 2.24) is 9.78 Å². The number of nitriles is 1. The van der Waals surface area contributed by atoms with E-state index in [2.05, 4.69) is 38.9 Å². The third-order valence-electron chi connectivity index (χ3n) is 11.5. The van der Waals surface area contributed by atoms with Crippen LogP contribution in [-0.4, -0.2) is 20.5 Å². The summed E-state index contributed by atoms with van der Waals surface area (Å²) in [6, 6.07) is 2.23. The first kappa shape index (κ1) is 21.2. The fourth-order valence-electron chi connectivity index (χ4n) is 10.5. The van der Waals surface area contributed by atoms with Gasteiger partial charge >= 0.3 is 0 Å². The molecule has 1 aromatic rings. The molecule has 12 unspecified atom stereocenters. The van der Waals surface area contributed by atoms with Gasteiger partial charge in [-0.25, -0.2) is 0 Å². The van der Waals surface area contributed by atoms with Gasteiger partial charge in [0, 0.05) is 12.7 Å². The standard InChI is InChI=1S/C28H41N3O/c1-16(14-31-15-18(12-29)13-30-31)25-23-17(2)24(23)26-22-6-5-19-11-27(3,32)9-7-20(19)21(22)8-10-28(25,26)4/h13,15-17,19-26,32H,5-11,14H2,1-4H3. The molecule has 5 fully saturated rings. The van der Waals surface area contributed by atoms with Crippen LogP contribution in [0.4, 0.5) is 0 Å². The van der Waals surface area contributed by atoms with Gasteiger partial charge in [-0.2, -0.15) is 10.4 Å². The summed E-state index contributed by atoms with van der Waals surface area (Å²) in [5.74, 6) is 8.49. The Balaban J connectivity index is 1.24. The van der Waals surface area contributed by atoms with Gasteiger partial charge in [-0.1, -0.05) is 20.8 Å². The summed E-state index contributed by atoms with van der Waals surface area (Å²) in [7, 11) is 0. The summed E-state index contributed by atoms with van der Waals surface area (Å²) in [5, 5.41) is 24.4. The quantitative estimate of drug-likeness (QED) is 0.681. The molecule has 0 aromatic carbocycles. The second-order valence-corrected chi connectivity index (χ2v) is 13.2. The zero-order valence-corrected chi connectivity index (χ0v) is 20.4. The Bertz CT molecular complexity index is 929. The van der Waals surface area contributed by atoms with Crippen molar-refractivity contribution < 1.29 is 5.11 Å². The van der Waals surface area contributed by atoms with Crippen LogP contribution in [-0.2, 0) is 6.54 Å². The number of nitrogens with zero attached hydrogens (tertiary/aromatic N) is 3. The molecule has 1 aromatic heterocycles. The van der Waals surface area contributed by atoms with E-state index in [0.29, 0.717) is 16.9 Å². The van der Waals surface area contributed by atoms with Crippen LogP contribution >= 0.6 is 0 Å². The Morgan fingerprint density at radius 3 is 2.69 bits per heavy atom. The van der Waals surface area contributed by atoms with Gasteiger partial charge in [0.15, 0.2) is 0 Å². The van der Waals surface area contributed by atoms with Crippen molar-refractivity contribution in [3.63, 3.8) is 0 Å². The number of aliphatic hydroxyl groups is 1. The predicted octanol–water partition coefficient (Wildman–Crippen LogP) is 5.51. The Labute approximate surface area is 193 Å². The third kappa shape index (κ3) is 2.99. The molecule has 12 atom stereocenters. The van der Waals surface area contributed by atoms with Crippen molar-refractivity contribution in [2.24, 2.45) is 64.6 Å². The molecule has 0 aliphatic heterocycles. The van der Waals surface area contributed by atoms with Crippen molar-refractivity contribution in [2.45, 2.75) is 84.8 Å². The molecule has 174 valence electrons. The number of rotatable bonds is 3. The minimum atomic E-state index is -0.418. The fraction of sp³-hybridized carbons (Fsp3) is 0.857. The van der Waals surface area contributed by atoms with E-state index in [-0.39, 0.29) is 0 Å². The van der Waals surface area contributed by atoms with E-state index in [1.807, 2.05) is 10.9 Å². The lowest BCUT2D eigenvalue weighted by atomic mass is 9.47. The highest BCUT2D eigenvalue weighted by Gasteiger charge is 2.73. The first-order valence-electron chi connectivity index (χ1n) is 13.4. The number of fused-ring (bicyclic) bond motifs is 7. The topological polar surface area (TPSA) is 61.8 Å². The number of hydrogen-bond acceptors (Lipinski definition) is 3. The van der Waals surface area contributed by atoms with Crippen LogP contribution in [0.3, 0.4) is 0 Å². The Morgan fingerprint density at radius 1 is 1.16 bits per heavy atom. The molecule has 6 rings (SSSR count). The molecular formula is C28H41N3O. The average Bonchev–Trinajstić information content (AvgIpc) is 3.09. The summed E-state index contributed by atoms with van der Waals surface area (Å²) in [6.07, 6.45) is 12.5. The molecule has 0 radical (unpaired) electrons. The molecule has 5 aliphatic carbocycles. The summed E-state index contributed by atoms with van der Waals surface area (Å²) in [5.41, 5.74) is 0.730. The first-order chi connectivity index (χ1) is 15.2. The van der Waals surface area contributed by atoms with Crippen LogP contribution in [0.2, 0.25) is 0 Å². The van der Waals surface area contributed by atoms with Crippen LogP contribution < -0.4 is 0 Å². The summed E-state index contributed by atoms with van der Waals surface area (Å²) in [4.78, 5) is 0. The summed E-state index contributed by atoms with van der Waals surface area (Å²) < 4.78 is 2.02. The molecular weight excluding hydrogens is 394 g/mol. The summed E-state index contributed by atoms with van der Waals surface area (Å²) in [6.45, 7) is 10.7. The molecule has 5 aliphatic rings. The first-order valence-corrected chi connectivity index (χ1v) is 13.4. The van der Waals surface area contributed by atoms with Crippen molar-refractivity contribution in [2.75, 3.05) is 0 Å². The molecule has 1 heterocycles. The van der Waals surface area contributed by atoms with Crippen LogP contribution in [0.5, 0.6) is 0 Å². The molecule has 4 nitrogen and oxygen atoms in total. The van der Waals surface area contributed by atoms with Gasteiger partial charge in [0.25, 0.3) is 0 Å². The van der Waals surface area contributed by atoms with Crippen molar-refractivity contribution in [3.05, 3.63) is 18.0 Å². The maximum atomic E-state index is 10.7. The molecule has 0 bridgehead atoms. The van der Waals surface area contributed by atoms with E-state index in [1.54, 1.807) is 6.20 Å². The van der Waals surface area contributed by atoms with Crippen LogP contribution in [0, 0.1) is 75.9 Å². The van der Waals surface area contributed by atoms with Crippen LogP contribution in [0.1, 0.15) is 78.2 Å². The van der Waals surface area contributed by atoms with E-state index in [9.17, 15) is 10.4 Å². The SMILES string of the molecule is CC(Cn1cc(C#N)cn1)C1C2C(C)C2C2C3CCC4CC(C)(O)CCC4C3CCC12C. The second kappa shape index (κ2) is 7.08. The van der Waals surface area contributed by atoms with Gasteiger partial charge in [0.2, 0.25) is 0 Å². The number of hydrogen-bond donors (Lipinski definition) is 1. The maximum Gasteiger partial charge on any atom is 0.102 e. The van der Waals surface area contributed by atoms with Gasteiger partial charge in [-0.05, 0) is 116 Å². The van der Waals surface area contributed by atoms with Crippen molar-refractivity contribution >= 4 is 0 Å². The predicted molar refractivity (Wildman–Crippen MR) is 124 cm³/mol. The Morgan fingerprint density at radius 2 is 1.94 bits per heavy atom. The Kier molecular flexibility index (Phi) is 4.69. The van der Waals surface area contributed by atoms with Gasteiger partial charge in [-0.3, -0.25) is 4.68 Å². The molecule has 0 saturated heterocycles. The van der Waals surface area contributed by atoms with Crippen molar-refractivity contribution in [1.29, 1.82) is 5.26 Å². The molecule has 0 amide bonds. The highest BCUT2D eigenvalue weighted by molar-refractivity contribution is 5.22. The molecule has 4 heteroatoms. The van der Waals surface area contributed by atoms with E-state index in [1.165, 1.54) is 32.1 Å². The van der Waals surface area contributed by atoms with E-state index < -0.39 is 5.60 Å².